The Morgan fingerprint density at radius 3 is 2.25 bits per heavy atom. The van der Waals surface area contributed by atoms with Gasteiger partial charge in [-0.25, -0.2) is 4.98 Å². The fourth-order valence-corrected chi connectivity index (χ4v) is 1.92. The second-order valence-corrected chi connectivity index (χ2v) is 4.37. The third-order valence-electron chi connectivity index (χ3n) is 2.72. The summed E-state index contributed by atoms with van der Waals surface area (Å²) < 4.78 is 5.37. The first-order chi connectivity index (χ1) is 9.35. The molecule has 3 rings (SSSR count). The molecule has 0 spiro atoms. The van der Waals surface area contributed by atoms with Gasteiger partial charge in [-0.1, -0.05) is 42.5 Å². The molecule has 3 aromatic rings. The van der Waals surface area contributed by atoms with E-state index in [1.165, 1.54) is 11.1 Å². The van der Waals surface area contributed by atoms with Crippen LogP contribution in [0.3, 0.4) is 0 Å². The smallest absolute Gasteiger partial charge is 0.0961 e. The van der Waals surface area contributed by atoms with Gasteiger partial charge in [0.1, 0.15) is 0 Å². The van der Waals surface area contributed by atoms with Gasteiger partial charge in [-0.05, 0) is 17.7 Å². The van der Waals surface area contributed by atoms with Crippen LogP contribution in [0.15, 0.2) is 60.9 Å². The summed E-state index contributed by atoms with van der Waals surface area (Å²) in [4.78, 5) is 4.38. The molecule has 0 aliphatic heterocycles. The average Bonchev–Trinajstić information content (AvgIpc) is 2.85. The van der Waals surface area contributed by atoms with Crippen LogP contribution in [-0.2, 0) is 10.4 Å². The summed E-state index contributed by atoms with van der Waals surface area (Å²) in [5, 5.41) is 0. The minimum atomic E-state index is 0. The first-order valence-electron chi connectivity index (χ1n) is 5.68. The molecule has 0 atom stereocenters. The molecule has 0 amide bonds. The average molecular weight is 374 g/mol. The van der Waals surface area contributed by atoms with E-state index in [-0.39, 0.29) is 17.1 Å². The first-order valence-corrected chi connectivity index (χ1v) is 6.30. The van der Waals surface area contributed by atoms with Gasteiger partial charge >= 0.3 is 0 Å². The molecule has 3 nitrogen and oxygen atoms in total. The Hall–Kier alpha value is -1.03. The summed E-state index contributed by atoms with van der Waals surface area (Å²) >= 11 is 8.53. The summed E-state index contributed by atoms with van der Waals surface area (Å²) in [6.07, 6.45) is 1.90. The number of halogens is 2. The Kier molecular flexibility index (Phi) is 7.67. The van der Waals surface area contributed by atoms with E-state index in [1.54, 1.807) is 0 Å². The molecule has 0 saturated heterocycles. The van der Waals surface area contributed by atoms with Crippen molar-refractivity contribution in [2.45, 2.75) is 6.54 Å². The van der Waals surface area contributed by atoms with E-state index >= 15 is 0 Å². The number of benzene rings is 2. The number of hydrogen-bond acceptors (Lipinski definition) is 2. The topological polar surface area (TPSA) is 27.1 Å². The van der Waals surface area contributed by atoms with Crippen molar-refractivity contribution in [3.8, 4) is 0 Å². The summed E-state index contributed by atoms with van der Waals surface area (Å²) in [5.74, 6) is 0. The zero-order valence-corrected chi connectivity index (χ0v) is 13.7. The van der Waals surface area contributed by atoms with E-state index in [1.807, 2.05) is 30.6 Å². The van der Waals surface area contributed by atoms with Crippen LogP contribution >= 0.6 is 23.7 Å². The second kappa shape index (κ2) is 9.01. The van der Waals surface area contributed by atoms with Crippen LogP contribution in [-0.4, -0.2) is 26.6 Å². The zero-order valence-electron chi connectivity index (χ0n) is 10.4. The molecule has 6 heteroatoms. The standard InChI is InChI=1S/C14H12N2.Cl2O.Se/c1-2-6-12(7-3-1)10-16-11-15-13-8-4-5-9-14(13)16;1-3-2;/h1-9,11H,10H2;;. The Morgan fingerprint density at radius 1 is 0.950 bits per heavy atom. The predicted molar refractivity (Wildman–Crippen MR) is 83.8 cm³/mol. The van der Waals surface area contributed by atoms with Crippen LogP contribution in [0.4, 0.5) is 0 Å². The second-order valence-electron chi connectivity index (χ2n) is 3.91. The molecule has 20 heavy (non-hydrogen) atoms. The van der Waals surface area contributed by atoms with Gasteiger partial charge in [0.05, 0.1) is 41.1 Å². The molecular formula is C14H12Cl2N2OSe. The van der Waals surface area contributed by atoms with Crippen LogP contribution in [0.5, 0.6) is 0 Å². The molecule has 1 aromatic heterocycles. The molecule has 0 aliphatic rings. The number of aromatic nitrogens is 2. The quantitative estimate of drug-likeness (QED) is 0.634. The maximum atomic E-state index is 4.38. The molecule has 104 valence electrons. The first kappa shape index (κ1) is 17.0. The Balaban J connectivity index is 0.000000462. The molecule has 0 unspecified atom stereocenters. The summed E-state index contributed by atoms with van der Waals surface area (Å²) in [5.41, 5.74) is 3.54. The molecule has 1 heterocycles. The van der Waals surface area contributed by atoms with E-state index in [0.717, 1.165) is 12.1 Å². The normalized spacial score (nSPS) is 9.50. The van der Waals surface area contributed by atoms with Gasteiger partial charge in [-0.3, -0.25) is 0 Å². The molecule has 0 saturated carbocycles. The SMILES string of the molecule is ClOCl.[Se].c1ccc(Cn2cnc3ccccc32)cc1. The monoisotopic (exact) mass is 374 g/mol. The van der Waals surface area contributed by atoms with Crippen LogP contribution in [0.1, 0.15) is 5.56 Å². The van der Waals surface area contributed by atoms with E-state index in [0.29, 0.717) is 0 Å². The third kappa shape index (κ3) is 4.51. The molecule has 2 aromatic carbocycles. The number of para-hydroxylation sites is 2. The number of nitrogens with zero attached hydrogens (tertiary/aromatic N) is 2. The maximum Gasteiger partial charge on any atom is 0.0961 e. The van der Waals surface area contributed by atoms with Crippen molar-refractivity contribution < 1.29 is 3.84 Å². The number of hydrogen-bond donors (Lipinski definition) is 0. The Labute approximate surface area is 138 Å². The summed E-state index contributed by atoms with van der Waals surface area (Å²) in [6.45, 7) is 0.876. The minimum Gasteiger partial charge on any atom is -0.326 e. The molecule has 0 N–H and O–H groups in total. The van der Waals surface area contributed by atoms with Crippen molar-refractivity contribution >= 4 is 51.8 Å². The van der Waals surface area contributed by atoms with E-state index in [4.69, 9.17) is 0 Å². The van der Waals surface area contributed by atoms with Crippen molar-refractivity contribution in [1.29, 1.82) is 0 Å². The summed E-state index contributed by atoms with van der Waals surface area (Å²) in [7, 11) is 0. The van der Waals surface area contributed by atoms with Gasteiger partial charge in [0.15, 0.2) is 0 Å². The largest absolute Gasteiger partial charge is 0.326 e. The van der Waals surface area contributed by atoms with E-state index in [9.17, 15) is 0 Å². The number of rotatable bonds is 2. The zero-order chi connectivity index (χ0) is 13.5. The Bertz CT molecular complexity index is 631. The van der Waals surface area contributed by atoms with E-state index < -0.39 is 0 Å². The van der Waals surface area contributed by atoms with Crippen LogP contribution in [0.2, 0.25) is 0 Å². The fourth-order valence-electron chi connectivity index (χ4n) is 1.92. The van der Waals surface area contributed by atoms with Gasteiger partial charge < -0.3 is 4.57 Å². The predicted octanol–water partition coefficient (Wildman–Crippen LogP) is 4.01. The van der Waals surface area contributed by atoms with Gasteiger partial charge in [-0.15, -0.1) is 0 Å². The van der Waals surface area contributed by atoms with Crippen LogP contribution < -0.4 is 0 Å². The van der Waals surface area contributed by atoms with Crippen molar-refractivity contribution in [2.75, 3.05) is 0 Å². The van der Waals surface area contributed by atoms with Gasteiger partial charge in [-0.2, -0.15) is 3.84 Å². The molecular weight excluding hydrogens is 362 g/mol. The maximum absolute atomic E-state index is 4.38. The Morgan fingerprint density at radius 2 is 1.55 bits per heavy atom. The van der Waals surface area contributed by atoms with Crippen molar-refractivity contribution in [3.63, 3.8) is 0 Å². The minimum absolute atomic E-state index is 0. The van der Waals surface area contributed by atoms with Crippen LogP contribution in [0, 0.1) is 0 Å². The van der Waals surface area contributed by atoms with Crippen molar-refractivity contribution in [1.82, 2.24) is 9.55 Å². The molecule has 2 radical (unpaired) electrons. The molecule has 0 aliphatic carbocycles. The van der Waals surface area contributed by atoms with Gasteiger partial charge in [0.2, 0.25) is 0 Å². The molecule has 0 fully saturated rings. The number of fused-ring (bicyclic) bond motifs is 1. The van der Waals surface area contributed by atoms with E-state index in [2.05, 4.69) is 67.5 Å². The molecule has 0 bridgehead atoms. The summed E-state index contributed by atoms with van der Waals surface area (Å²) in [6, 6.07) is 18.6. The third-order valence-corrected chi connectivity index (χ3v) is 2.72. The van der Waals surface area contributed by atoms with Crippen LogP contribution in [0.25, 0.3) is 11.0 Å². The van der Waals surface area contributed by atoms with Crippen molar-refractivity contribution in [3.05, 3.63) is 66.5 Å². The number of imidazole rings is 1. The fraction of sp³-hybridized carbons (Fsp3) is 0.0714. The van der Waals surface area contributed by atoms with Gasteiger partial charge in [0, 0.05) is 23.6 Å². The van der Waals surface area contributed by atoms with Crippen molar-refractivity contribution in [2.24, 2.45) is 0 Å². The van der Waals surface area contributed by atoms with Gasteiger partial charge in [0.25, 0.3) is 0 Å².